The van der Waals surface area contributed by atoms with Crippen molar-refractivity contribution < 1.29 is 18.7 Å². The van der Waals surface area contributed by atoms with Crippen LogP contribution in [0.4, 0.5) is 8.78 Å². The molecule has 0 aliphatic heterocycles. The van der Waals surface area contributed by atoms with Crippen LogP contribution in [0, 0.1) is 11.6 Å². The molecule has 0 saturated heterocycles. The number of carboxylic acids is 1. The fraction of sp³-hybridized carbons (Fsp3) is 0.364. The highest BCUT2D eigenvalue weighted by molar-refractivity contribution is 5.80. The molecular formula is C11H14F2N2O2. The molecule has 0 bridgehead atoms. The van der Waals surface area contributed by atoms with Crippen molar-refractivity contribution >= 4 is 5.97 Å². The minimum atomic E-state index is -1.49. The predicted molar refractivity (Wildman–Crippen MR) is 58.4 cm³/mol. The van der Waals surface area contributed by atoms with E-state index in [0.29, 0.717) is 0 Å². The Morgan fingerprint density at radius 1 is 1.47 bits per heavy atom. The second kappa shape index (κ2) is 5.20. The van der Waals surface area contributed by atoms with Gasteiger partial charge in [-0.05, 0) is 24.6 Å². The monoisotopic (exact) mass is 244 g/mol. The van der Waals surface area contributed by atoms with E-state index in [1.807, 2.05) is 0 Å². The summed E-state index contributed by atoms with van der Waals surface area (Å²) in [5.74, 6) is -3.28. The van der Waals surface area contributed by atoms with E-state index in [4.69, 9.17) is 10.8 Å². The highest BCUT2D eigenvalue weighted by Crippen LogP contribution is 2.22. The maximum Gasteiger partial charge on any atom is 0.328 e. The van der Waals surface area contributed by atoms with Crippen LogP contribution in [0.5, 0.6) is 0 Å². The zero-order valence-corrected chi connectivity index (χ0v) is 9.34. The largest absolute Gasteiger partial charge is 0.480 e. The molecule has 0 aromatic heterocycles. The molecule has 17 heavy (non-hydrogen) atoms. The Labute approximate surface area is 97.4 Å². The molecule has 0 spiro atoms. The van der Waals surface area contributed by atoms with Crippen LogP contribution < -0.4 is 11.1 Å². The zero-order valence-electron chi connectivity index (χ0n) is 9.34. The highest BCUT2D eigenvalue weighted by atomic mass is 19.2. The van der Waals surface area contributed by atoms with Crippen LogP contribution in [0.15, 0.2) is 18.2 Å². The molecule has 4 nitrogen and oxygen atoms in total. The molecule has 1 rings (SSSR count). The molecule has 94 valence electrons. The van der Waals surface area contributed by atoms with Crippen molar-refractivity contribution in [3.8, 4) is 0 Å². The van der Waals surface area contributed by atoms with Crippen molar-refractivity contribution in [2.75, 3.05) is 13.1 Å². The van der Waals surface area contributed by atoms with Gasteiger partial charge in [0.25, 0.3) is 0 Å². The van der Waals surface area contributed by atoms with E-state index in [1.54, 1.807) is 0 Å². The summed E-state index contributed by atoms with van der Waals surface area (Å²) in [5, 5.41) is 11.8. The van der Waals surface area contributed by atoms with Crippen molar-refractivity contribution in [1.29, 1.82) is 0 Å². The van der Waals surface area contributed by atoms with Gasteiger partial charge in [-0.2, -0.15) is 0 Å². The third-order valence-electron chi connectivity index (χ3n) is 2.55. The second-order valence-electron chi connectivity index (χ2n) is 3.77. The number of carboxylic acid groups (broad SMARTS) is 1. The van der Waals surface area contributed by atoms with Gasteiger partial charge in [-0.3, -0.25) is 5.32 Å². The number of aliphatic carboxylic acids is 1. The number of nitrogens with one attached hydrogen (secondary N) is 1. The lowest BCUT2D eigenvalue weighted by Gasteiger charge is -2.26. The van der Waals surface area contributed by atoms with Crippen LogP contribution in [-0.2, 0) is 10.3 Å². The molecular weight excluding hydrogens is 230 g/mol. The predicted octanol–water partition coefficient (Wildman–Crippen LogP) is 0.813. The van der Waals surface area contributed by atoms with Crippen LogP contribution in [0.1, 0.15) is 12.5 Å². The van der Waals surface area contributed by atoms with Crippen molar-refractivity contribution in [3.63, 3.8) is 0 Å². The first-order valence-corrected chi connectivity index (χ1v) is 5.06. The van der Waals surface area contributed by atoms with E-state index in [1.165, 1.54) is 13.0 Å². The standard InChI is InChI=1S/C11H14F2N2O2/c1-11(10(16)17,15-5-4-14)7-2-3-8(12)9(13)6-7/h2-3,6,15H,4-5,14H2,1H3,(H,16,17). The molecule has 1 aromatic rings. The molecule has 1 aromatic carbocycles. The van der Waals surface area contributed by atoms with Gasteiger partial charge in [-0.15, -0.1) is 0 Å². The number of carbonyl (C=O) groups is 1. The minimum absolute atomic E-state index is 0.136. The number of hydrogen-bond donors (Lipinski definition) is 3. The quantitative estimate of drug-likeness (QED) is 0.716. The molecule has 0 amide bonds. The summed E-state index contributed by atoms with van der Waals surface area (Å²) in [6.07, 6.45) is 0. The van der Waals surface area contributed by atoms with Crippen LogP contribution in [0.3, 0.4) is 0 Å². The summed E-state index contributed by atoms with van der Waals surface area (Å²) in [6, 6.07) is 3.00. The molecule has 4 N–H and O–H groups in total. The Hall–Kier alpha value is -1.53. The van der Waals surface area contributed by atoms with Crippen molar-refractivity contribution in [3.05, 3.63) is 35.4 Å². The van der Waals surface area contributed by atoms with Gasteiger partial charge in [0.1, 0.15) is 5.54 Å². The Morgan fingerprint density at radius 3 is 2.59 bits per heavy atom. The average Bonchev–Trinajstić information content (AvgIpc) is 2.29. The number of hydrogen-bond acceptors (Lipinski definition) is 3. The van der Waals surface area contributed by atoms with Gasteiger partial charge in [0, 0.05) is 13.1 Å². The first-order chi connectivity index (χ1) is 7.91. The van der Waals surface area contributed by atoms with Gasteiger partial charge in [-0.1, -0.05) is 6.07 Å². The van der Waals surface area contributed by atoms with Gasteiger partial charge in [0.15, 0.2) is 11.6 Å². The fourth-order valence-corrected chi connectivity index (χ4v) is 1.43. The lowest BCUT2D eigenvalue weighted by atomic mass is 9.92. The number of nitrogens with two attached hydrogens (primary N) is 1. The Kier molecular flexibility index (Phi) is 4.14. The molecule has 0 saturated carbocycles. The molecule has 0 heterocycles. The number of halogens is 2. The third-order valence-corrected chi connectivity index (χ3v) is 2.55. The van der Waals surface area contributed by atoms with E-state index in [0.717, 1.165) is 12.1 Å². The van der Waals surface area contributed by atoms with E-state index >= 15 is 0 Å². The molecule has 1 atom stereocenters. The summed E-state index contributed by atoms with van der Waals surface area (Å²) >= 11 is 0. The highest BCUT2D eigenvalue weighted by Gasteiger charge is 2.35. The van der Waals surface area contributed by atoms with Crippen LogP contribution >= 0.6 is 0 Å². The first-order valence-electron chi connectivity index (χ1n) is 5.06. The SMILES string of the molecule is CC(NCCN)(C(=O)O)c1ccc(F)c(F)c1. The van der Waals surface area contributed by atoms with Crippen molar-refractivity contribution in [1.82, 2.24) is 5.32 Å². The lowest BCUT2D eigenvalue weighted by molar-refractivity contribution is -0.144. The molecule has 0 aliphatic carbocycles. The van der Waals surface area contributed by atoms with Crippen LogP contribution in [0.2, 0.25) is 0 Å². The molecule has 0 fully saturated rings. The summed E-state index contributed by atoms with van der Waals surface area (Å²) in [5.41, 5.74) is 3.92. The second-order valence-corrected chi connectivity index (χ2v) is 3.77. The van der Waals surface area contributed by atoms with E-state index in [-0.39, 0.29) is 18.7 Å². The number of benzene rings is 1. The van der Waals surface area contributed by atoms with Crippen molar-refractivity contribution in [2.45, 2.75) is 12.5 Å². The van der Waals surface area contributed by atoms with E-state index < -0.39 is 23.1 Å². The molecule has 1 unspecified atom stereocenters. The van der Waals surface area contributed by atoms with E-state index in [9.17, 15) is 13.6 Å². The summed E-state index contributed by atoms with van der Waals surface area (Å²) in [6.45, 7) is 1.87. The molecule has 6 heteroatoms. The van der Waals surface area contributed by atoms with E-state index in [2.05, 4.69) is 5.32 Å². The van der Waals surface area contributed by atoms with Gasteiger partial charge in [0.05, 0.1) is 0 Å². The Bertz CT molecular complexity index is 426. The normalized spacial score (nSPS) is 14.4. The Balaban J connectivity index is 3.13. The van der Waals surface area contributed by atoms with Crippen molar-refractivity contribution in [2.24, 2.45) is 5.73 Å². The summed E-state index contributed by atoms with van der Waals surface area (Å²) in [7, 11) is 0. The van der Waals surface area contributed by atoms with Crippen LogP contribution in [-0.4, -0.2) is 24.2 Å². The first kappa shape index (κ1) is 13.5. The van der Waals surface area contributed by atoms with Gasteiger partial charge in [0.2, 0.25) is 0 Å². The topological polar surface area (TPSA) is 75.3 Å². The maximum absolute atomic E-state index is 13.1. The Morgan fingerprint density at radius 2 is 2.12 bits per heavy atom. The average molecular weight is 244 g/mol. The number of rotatable bonds is 5. The zero-order chi connectivity index (χ0) is 13.1. The summed E-state index contributed by atoms with van der Waals surface area (Å²) in [4.78, 5) is 11.2. The van der Waals surface area contributed by atoms with Gasteiger partial charge in [-0.25, -0.2) is 13.6 Å². The minimum Gasteiger partial charge on any atom is -0.480 e. The molecule has 0 aliphatic rings. The van der Waals surface area contributed by atoms with Gasteiger partial charge >= 0.3 is 5.97 Å². The maximum atomic E-state index is 13.1. The van der Waals surface area contributed by atoms with Crippen LogP contribution in [0.25, 0.3) is 0 Å². The fourth-order valence-electron chi connectivity index (χ4n) is 1.43. The van der Waals surface area contributed by atoms with Gasteiger partial charge < -0.3 is 10.8 Å². The third kappa shape index (κ3) is 2.78. The lowest BCUT2D eigenvalue weighted by Crippen LogP contribution is -2.48. The smallest absolute Gasteiger partial charge is 0.328 e. The summed E-state index contributed by atoms with van der Waals surface area (Å²) < 4.78 is 25.9. The molecule has 0 radical (unpaired) electrons.